The number of fused-ring (bicyclic) bond motifs is 1. The maximum Gasteiger partial charge on any atom is 0.373 e. The summed E-state index contributed by atoms with van der Waals surface area (Å²) in [7, 11) is 0. The molecule has 0 spiro atoms. The van der Waals surface area contributed by atoms with Crippen LogP contribution in [0.4, 0.5) is 0 Å². The molecule has 1 aromatic rings. The lowest BCUT2D eigenvalue weighted by atomic mass is 9.86. The summed E-state index contributed by atoms with van der Waals surface area (Å²) in [4.78, 5) is 28.8. The van der Waals surface area contributed by atoms with Crippen LogP contribution in [-0.2, 0) is 38.0 Å². The van der Waals surface area contributed by atoms with Gasteiger partial charge in [0.25, 0.3) is 0 Å². The Bertz CT molecular complexity index is 851. The molecule has 3 saturated heterocycles. The largest absolute Gasteiger partial charge is 0.432 e. The van der Waals surface area contributed by atoms with Crippen molar-refractivity contribution in [3.63, 3.8) is 0 Å². The zero-order valence-electron chi connectivity index (χ0n) is 20.5. The lowest BCUT2D eigenvalue weighted by Crippen LogP contribution is -2.55. The van der Waals surface area contributed by atoms with Crippen molar-refractivity contribution in [1.29, 1.82) is 0 Å². The first-order valence-corrected chi connectivity index (χ1v) is 11.6. The molecule has 0 aliphatic carbocycles. The van der Waals surface area contributed by atoms with Crippen LogP contribution < -0.4 is 0 Å². The highest BCUT2D eigenvalue weighted by Crippen LogP contribution is 2.41. The summed E-state index contributed by atoms with van der Waals surface area (Å²) in [6.45, 7) is 12.5. The van der Waals surface area contributed by atoms with E-state index >= 15 is 0 Å². The van der Waals surface area contributed by atoms with Gasteiger partial charge in [-0.25, -0.2) is 4.79 Å². The molecular formula is C25H34O9. The Kier molecular flexibility index (Phi) is 8.62. The fourth-order valence-electron chi connectivity index (χ4n) is 4.67. The first kappa shape index (κ1) is 26.5. The van der Waals surface area contributed by atoms with E-state index in [4.69, 9.17) is 38.0 Å². The van der Waals surface area contributed by atoms with Crippen molar-refractivity contribution in [2.45, 2.75) is 84.3 Å². The van der Waals surface area contributed by atoms with Crippen LogP contribution in [0.2, 0.25) is 0 Å². The predicted octanol–water partition coefficient (Wildman–Crippen LogP) is 3.17. The van der Waals surface area contributed by atoms with E-state index < -0.39 is 24.3 Å². The fourth-order valence-corrected chi connectivity index (χ4v) is 4.67. The first-order valence-electron chi connectivity index (χ1n) is 11.6. The number of hydrogen-bond acceptors (Lipinski definition) is 9. The van der Waals surface area contributed by atoms with Gasteiger partial charge in [0.05, 0.1) is 30.5 Å². The summed E-state index contributed by atoms with van der Waals surface area (Å²) in [5.41, 5.74) is 0.494. The van der Waals surface area contributed by atoms with E-state index in [0.717, 1.165) is 0 Å². The number of rotatable bonds is 4. The molecule has 9 heteroatoms. The molecule has 0 aromatic heterocycles. The minimum Gasteiger partial charge on any atom is -0.432 e. The molecular weight excluding hydrogens is 444 g/mol. The third-order valence-electron chi connectivity index (χ3n) is 6.59. The molecule has 0 N–H and O–H groups in total. The van der Waals surface area contributed by atoms with Crippen molar-refractivity contribution >= 4 is 12.1 Å². The van der Waals surface area contributed by atoms with Gasteiger partial charge in [0, 0.05) is 17.8 Å². The molecule has 3 heterocycles. The highest BCUT2D eigenvalue weighted by Gasteiger charge is 2.53. The number of benzene rings is 1. The molecule has 0 radical (unpaired) electrons. The summed E-state index contributed by atoms with van der Waals surface area (Å²) < 4.78 is 36.6. The summed E-state index contributed by atoms with van der Waals surface area (Å²) in [6, 6.07) is 8.93. The van der Waals surface area contributed by atoms with Crippen molar-refractivity contribution in [2.75, 3.05) is 6.61 Å². The van der Waals surface area contributed by atoms with Gasteiger partial charge in [0.15, 0.2) is 12.1 Å². The van der Waals surface area contributed by atoms with Crippen molar-refractivity contribution in [2.24, 2.45) is 17.8 Å². The number of carbonyl (C=O) groups is 1. The van der Waals surface area contributed by atoms with Crippen molar-refractivity contribution < 1.29 is 42.8 Å². The average Bonchev–Trinajstić information content (AvgIpc) is 3.13. The van der Waals surface area contributed by atoms with Gasteiger partial charge in [0.1, 0.15) is 6.10 Å². The van der Waals surface area contributed by atoms with Gasteiger partial charge in [-0.15, -0.1) is 0 Å². The third-order valence-corrected chi connectivity index (χ3v) is 6.59. The van der Waals surface area contributed by atoms with Crippen molar-refractivity contribution in [3.8, 4) is 0 Å². The second-order valence-electron chi connectivity index (χ2n) is 9.63. The first-order chi connectivity index (χ1) is 16.1. The van der Waals surface area contributed by atoms with Gasteiger partial charge >= 0.3 is 12.1 Å². The quantitative estimate of drug-likeness (QED) is 0.603. The van der Waals surface area contributed by atoms with Crippen molar-refractivity contribution in [1.82, 2.24) is 0 Å². The normalized spacial score (nSPS) is 38.6. The summed E-state index contributed by atoms with van der Waals surface area (Å²) >= 11 is 0. The molecule has 9 atom stereocenters. The Hall–Kier alpha value is -2.13. The molecule has 0 saturated carbocycles. The number of esters is 1. The Morgan fingerprint density at radius 3 is 2.24 bits per heavy atom. The Balaban J connectivity index is 0.00000103. The van der Waals surface area contributed by atoms with Gasteiger partial charge in [0.2, 0.25) is 6.29 Å². The number of ether oxygens (including phenoxy) is 6. The van der Waals surface area contributed by atoms with Gasteiger partial charge in [-0.3, -0.25) is 0 Å². The van der Waals surface area contributed by atoms with Crippen LogP contribution in [0.5, 0.6) is 0 Å². The zero-order valence-corrected chi connectivity index (χ0v) is 20.5. The predicted molar refractivity (Wildman–Crippen MR) is 117 cm³/mol. The maximum absolute atomic E-state index is 12.6. The molecule has 3 unspecified atom stereocenters. The Morgan fingerprint density at radius 2 is 1.59 bits per heavy atom. The highest BCUT2D eigenvalue weighted by molar-refractivity contribution is 5.89. The molecule has 3 fully saturated rings. The Labute approximate surface area is 200 Å². The van der Waals surface area contributed by atoms with Crippen LogP contribution >= 0.6 is 0 Å². The molecule has 3 aliphatic rings. The van der Waals surface area contributed by atoms with Gasteiger partial charge in [-0.05, 0) is 32.9 Å². The molecule has 34 heavy (non-hydrogen) atoms. The number of carbonyl (C=O) groups excluding carboxylic acids is 3. The van der Waals surface area contributed by atoms with Crippen LogP contribution in [0, 0.1) is 17.8 Å². The number of hydrogen-bond donors (Lipinski definition) is 0. The van der Waals surface area contributed by atoms with Crippen LogP contribution in [0.15, 0.2) is 30.3 Å². The van der Waals surface area contributed by atoms with Crippen LogP contribution in [0.25, 0.3) is 0 Å². The lowest BCUT2D eigenvalue weighted by molar-refractivity contribution is -0.307. The standard InChI is InChI=1S/C24H34O7.CO2/c1-13-12-26-23(20-18(13)30-24(5,6)31-20)28-19-14(2)16(4)27-22(15(19)3)29-21(25)17-10-8-7-9-11-17;2-1-3/h7-11,13-16,18-20,22-23H,12H2,1-6H3;/t13-,14-,15+,16?,18?,19?,20+,22+,23-;/m1./s1. The topological polar surface area (TPSA) is 107 Å². The van der Waals surface area contributed by atoms with E-state index in [2.05, 4.69) is 13.8 Å². The second-order valence-corrected chi connectivity index (χ2v) is 9.63. The molecule has 188 valence electrons. The van der Waals surface area contributed by atoms with Crippen LogP contribution in [0.1, 0.15) is 51.9 Å². The molecule has 4 rings (SSSR count). The van der Waals surface area contributed by atoms with E-state index in [9.17, 15) is 4.79 Å². The monoisotopic (exact) mass is 478 g/mol. The highest BCUT2D eigenvalue weighted by atomic mass is 16.8. The summed E-state index contributed by atoms with van der Waals surface area (Å²) in [6.07, 6.45) is -1.77. The molecule has 9 nitrogen and oxygen atoms in total. The van der Waals surface area contributed by atoms with E-state index in [1.807, 2.05) is 33.8 Å². The van der Waals surface area contributed by atoms with Gasteiger partial charge in [-0.1, -0.05) is 39.0 Å². The molecule has 1 aromatic carbocycles. The van der Waals surface area contributed by atoms with Crippen molar-refractivity contribution in [3.05, 3.63) is 35.9 Å². The van der Waals surface area contributed by atoms with Crippen LogP contribution in [-0.4, -0.2) is 61.5 Å². The summed E-state index contributed by atoms with van der Waals surface area (Å²) in [5.74, 6) is -0.967. The average molecular weight is 479 g/mol. The van der Waals surface area contributed by atoms with E-state index in [1.165, 1.54) is 0 Å². The second kappa shape index (κ2) is 11.1. The van der Waals surface area contributed by atoms with E-state index in [1.54, 1.807) is 24.3 Å². The summed E-state index contributed by atoms with van der Waals surface area (Å²) in [5, 5.41) is 0. The zero-order chi connectivity index (χ0) is 25.0. The van der Waals surface area contributed by atoms with Gasteiger partial charge < -0.3 is 28.4 Å². The smallest absolute Gasteiger partial charge is 0.373 e. The Morgan fingerprint density at radius 1 is 0.971 bits per heavy atom. The van der Waals surface area contributed by atoms with Crippen LogP contribution in [0.3, 0.4) is 0 Å². The van der Waals surface area contributed by atoms with Gasteiger partial charge in [-0.2, -0.15) is 9.59 Å². The van der Waals surface area contributed by atoms with E-state index in [0.29, 0.717) is 12.2 Å². The minimum atomic E-state index is -0.709. The molecule has 0 bridgehead atoms. The molecule has 0 amide bonds. The maximum atomic E-state index is 12.6. The molecule has 3 aliphatic heterocycles. The minimum absolute atomic E-state index is 0.0802. The fraction of sp³-hybridized carbons (Fsp3) is 0.680. The third kappa shape index (κ3) is 5.92. The van der Waals surface area contributed by atoms with E-state index in [-0.39, 0.29) is 48.3 Å². The SMILES string of the molecule is CC1O[C@@H](OC(=O)c2ccccc2)[C@@H](C)C(O[C@H]2OC[C@@H](C)C3OC(C)(C)O[C@@H]32)[C@@H]1C.O=C=O. The lowest BCUT2D eigenvalue weighted by Gasteiger charge is -2.45.